The summed E-state index contributed by atoms with van der Waals surface area (Å²) < 4.78 is 28.9. The smallest absolute Gasteiger partial charge is 0.264 e. The number of nitrogens with one attached hydrogen (secondary N) is 1. The zero-order chi connectivity index (χ0) is 28.6. The number of carbonyl (C=O) groups excluding carboxylic acids is 2. The van der Waals surface area contributed by atoms with Crippen LogP contribution in [-0.4, -0.2) is 44.3 Å². The number of carbonyl (C=O) groups is 2. The molecule has 0 aliphatic carbocycles. The van der Waals surface area contributed by atoms with Crippen molar-refractivity contribution in [3.63, 3.8) is 0 Å². The molecule has 2 amide bonds. The van der Waals surface area contributed by atoms with E-state index in [9.17, 15) is 18.0 Å². The lowest BCUT2D eigenvalue weighted by atomic mass is 10.1. The molecule has 0 saturated heterocycles. The fourth-order valence-electron chi connectivity index (χ4n) is 4.27. The Kier molecular flexibility index (Phi) is 10.5. The zero-order valence-corrected chi connectivity index (χ0v) is 24.4. The fraction of sp³-hybridized carbons (Fsp3) is 0.333. The molecule has 1 atom stereocenters. The van der Waals surface area contributed by atoms with Gasteiger partial charge in [0.05, 0.1) is 10.6 Å². The van der Waals surface area contributed by atoms with Gasteiger partial charge in [-0.2, -0.15) is 0 Å². The molecule has 208 valence electrons. The SMILES string of the molecule is CCCNC(=O)C(CC)N(Cc1ccc(C)cc1)C(=O)CN(c1ccccc1C)S(=O)(=O)c1ccc(Cl)cc1. The molecule has 0 aromatic heterocycles. The minimum Gasteiger partial charge on any atom is -0.354 e. The molecule has 0 bridgehead atoms. The van der Waals surface area contributed by atoms with Gasteiger partial charge in [0, 0.05) is 18.1 Å². The summed E-state index contributed by atoms with van der Waals surface area (Å²) in [7, 11) is -4.14. The maximum absolute atomic E-state index is 14.0. The Bertz CT molecular complexity index is 1380. The van der Waals surface area contributed by atoms with E-state index in [2.05, 4.69) is 5.32 Å². The van der Waals surface area contributed by atoms with E-state index >= 15 is 0 Å². The van der Waals surface area contributed by atoms with Crippen molar-refractivity contribution in [3.05, 3.63) is 94.5 Å². The highest BCUT2D eigenvalue weighted by Gasteiger charge is 2.34. The second-order valence-corrected chi connectivity index (χ2v) is 11.8. The molecule has 0 spiro atoms. The van der Waals surface area contributed by atoms with Crippen molar-refractivity contribution >= 4 is 39.1 Å². The van der Waals surface area contributed by atoms with Crippen molar-refractivity contribution in [2.45, 2.75) is 58.0 Å². The number of anilines is 1. The topological polar surface area (TPSA) is 86.8 Å². The van der Waals surface area contributed by atoms with E-state index in [1.807, 2.05) is 51.1 Å². The molecule has 3 aromatic rings. The summed E-state index contributed by atoms with van der Waals surface area (Å²) in [5, 5.41) is 3.30. The van der Waals surface area contributed by atoms with Gasteiger partial charge >= 0.3 is 0 Å². The number of rotatable bonds is 12. The largest absolute Gasteiger partial charge is 0.354 e. The second kappa shape index (κ2) is 13.6. The summed E-state index contributed by atoms with van der Waals surface area (Å²) in [6.07, 6.45) is 1.13. The molecule has 9 heteroatoms. The normalized spacial score (nSPS) is 12.0. The second-order valence-electron chi connectivity index (χ2n) is 9.47. The molecule has 1 N–H and O–H groups in total. The lowest BCUT2D eigenvalue weighted by molar-refractivity contribution is -0.140. The number of nitrogens with zero attached hydrogens (tertiary/aromatic N) is 2. The highest BCUT2D eigenvalue weighted by atomic mass is 35.5. The summed E-state index contributed by atoms with van der Waals surface area (Å²) in [4.78, 5) is 28.7. The van der Waals surface area contributed by atoms with Crippen molar-refractivity contribution in [1.82, 2.24) is 10.2 Å². The first kappa shape index (κ1) is 30.2. The predicted molar refractivity (Wildman–Crippen MR) is 156 cm³/mol. The molecule has 0 saturated carbocycles. The Balaban J connectivity index is 2.05. The van der Waals surface area contributed by atoms with Crippen LogP contribution in [0.25, 0.3) is 0 Å². The fourth-order valence-corrected chi connectivity index (χ4v) is 5.87. The number of para-hydroxylation sites is 1. The molecule has 39 heavy (non-hydrogen) atoms. The molecule has 0 radical (unpaired) electrons. The Morgan fingerprint density at radius 3 is 2.15 bits per heavy atom. The van der Waals surface area contributed by atoms with Crippen LogP contribution in [0.4, 0.5) is 5.69 Å². The van der Waals surface area contributed by atoms with Gasteiger partial charge < -0.3 is 10.2 Å². The van der Waals surface area contributed by atoms with Crippen LogP contribution in [0.3, 0.4) is 0 Å². The highest BCUT2D eigenvalue weighted by molar-refractivity contribution is 7.92. The number of halogens is 1. The van der Waals surface area contributed by atoms with Gasteiger partial charge in [-0.3, -0.25) is 13.9 Å². The van der Waals surface area contributed by atoms with Gasteiger partial charge in [0.25, 0.3) is 10.0 Å². The summed E-state index contributed by atoms with van der Waals surface area (Å²) in [5.74, 6) is -0.738. The average molecular weight is 570 g/mol. The van der Waals surface area contributed by atoms with Crippen LogP contribution in [0.15, 0.2) is 77.7 Å². The number of hydrogen-bond donors (Lipinski definition) is 1. The number of amides is 2. The van der Waals surface area contributed by atoms with Crippen molar-refractivity contribution < 1.29 is 18.0 Å². The predicted octanol–water partition coefficient (Wildman–Crippen LogP) is 5.49. The minimum absolute atomic E-state index is 0.0146. The summed E-state index contributed by atoms with van der Waals surface area (Å²) in [6, 6.07) is 19.8. The van der Waals surface area contributed by atoms with Crippen LogP contribution in [-0.2, 0) is 26.2 Å². The van der Waals surface area contributed by atoms with Crippen LogP contribution in [0.1, 0.15) is 43.4 Å². The van der Waals surface area contributed by atoms with E-state index in [0.29, 0.717) is 29.2 Å². The van der Waals surface area contributed by atoms with E-state index < -0.39 is 28.5 Å². The van der Waals surface area contributed by atoms with Crippen LogP contribution in [0, 0.1) is 13.8 Å². The minimum atomic E-state index is -4.14. The first-order valence-corrected chi connectivity index (χ1v) is 14.9. The zero-order valence-electron chi connectivity index (χ0n) is 22.9. The first-order valence-electron chi connectivity index (χ1n) is 13.0. The van der Waals surface area contributed by atoms with Gasteiger partial charge in [-0.05, 0) is 68.1 Å². The quantitative estimate of drug-likeness (QED) is 0.313. The molecule has 0 aliphatic rings. The molecular formula is C30H36ClN3O4S. The van der Waals surface area contributed by atoms with Gasteiger partial charge in [-0.1, -0.05) is 73.5 Å². The Labute approximate surface area is 236 Å². The van der Waals surface area contributed by atoms with E-state index in [1.165, 1.54) is 29.2 Å². The monoisotopic (exact) mass is 569 g/mol. The molecule has 0 heterocycles. The summed E-state index contributed by atoms with van der Waals surface area (Å²) >= 11 is 6.01. The third kappa shape index (κ3) is 7.61. The number of hydrogen-bond acceptors (Lipinski definition) is 4. The standard InChI is InChI=1S/C30H36ClN3O4S/c1-5-19-32-30(36)27(6-2)33(20-24-13-11-22(3)12-14-24)29(35)21-34(28-10-8-7-9-23(28)4)39(37,38)26-17-15-25(31)16-18-26/h7-18,27H,5-6,19-21H2,1-4H3,(H,32,36). The van der Waals surface area contributed by atoms with E-state index in [0.717, 1.165) is 21.9 Å². The van der Waals surface area contributed by atoms with Crippen LogP contribution in [0.2, 0.25) is 5.02 Å². The molecule has 0 fully saturated rings. The van der Waals surface area contributed by atoms with Crippen molar-refractivity contribution in [1.29, 1.82) is 0 Å². The first-order chi connectivity index (χ1) is 18.6. The number of aryl methyl sites for hydroxylation is 2. The third-order valence-electron chi connectivity index (χ3n) is 6.47. The van der Waals surface area contributed by atoms with Crippen molar-refractivity contribution in [3.8, 4) is 0 Å². The van der Waals surface area contributed by atoms with Gasteiger partial charge in [0.2, 0.25) is 11.8 Å². The summed E-state index contributed by atoms with van der Waals surface area (Å²) in [6.45, 7) is 7.75. The lowest BCUT2D eigenvalue weighted by Gasteiger charge is -2.33. The third-order valence-corrected chi connectivity index (χ3v) is 8.50. The van der Waals surface area contributed by atoms with Crippen molar-refractivity contribution in [2.75, 3.05) is 17.4 Å². The van der Waals surface area contributed by atoms with Crippen LogP contribution >= 0.6 is 11.6 Å². The average Bonchev–Trinajstić information content (AvgIpc) is 2.92. The van der Waals surface area contributed by atoms with Gasteiger partial charge in [-0.25, -0.2) is 8.42 Å². The van der Waals surface area contributed by atoms with Gasteiger partial charge in [0.15, 0.2) is 0 Å². The maximum atomic E-state index is 14.0. The molecule has 0 aliphatic heterocycles. The highest BCUT2D eigenvalue weighted by Crippen LogP contribution is 2.28. The van der Waals surface area contributed by atoms with Crippen LogP contribution < -0.4 is 9.62 Å². The van der Waals surface area contributed by atoms with Crippen LogP contribution in [0.5, 0.6) is 0 Å². The lowest BCUT2D eigenvalue weighted by Crippen LogP contribution is -2.52. The molecular weight excluding hydrogens is 534 g/mol. The molecule has 3 rings (SSSR count). The Morgan fingerprint density at radius 1 is 0.923 bits per heavy atom. The summed E-state index contributed by atoms with van der Waals surface area (Å²) in [5.41, 5.74) is 3.00. The van der Waals surface area contributed by atoms with E-state index in [4.69, 9.17) is 11.6 Å². The number of sulfonamides is 1. The van der Waals surface area contributed by atoms with Gasteiger partial charge in [-0.15, -0.1) is 0 Å². The molecule has 1 unspecified atom stereocenters. The molecule has 3 aromatic carbocycles. The maximum Gasteiger partial charge on any atom is 0.264 e. The Hall–Kier alpha value is -3.36. The Morgan fingerprint density at radius 2 is 1.56 bits per heavy atom. The van der Waals surface area contributed by atoms with E-state index in [1.54, 1.807) is 25.1 Å². The van der Waals surface area contributed by atoms with Gasteiger partial charge in [0.1, 0.15) is 12.6 Å². The van der Waals surface area contributed by atoms with Crippen molar-refractivity contribution in [2.24, 2.45) is 0 Å². The number of benzene rings is 3. The van der Waals surface area contributed by atoms with E-state index in [-0.39, 0.29) is 17.3 Å². The molecule has 7 nitrogen and oxygen atoms in total.